The maximum absolute atomic E-state index is 14.9. The molecule has 4 nitrogen and oxygen atoms in total. The molecule has 1 aliphatic heterocycles. The fourth-order valence-corrected chi connectivity index (χ4v) is 4.05. The summed E-state index contributed by atoms with van der Waals surface area (Å²) >= 11 is 6.45. The molecule has 0 spiro atoms. The van der Waals surface area contributed by atoms with Crippen LogP contribution in [0.5, 0.6) is 0 Å². The third-order valence-corrected chi connectivity index (χ3v) is 5.89. The van der Waals surface area contributed by atoms with E-state index in [4.69, 9.17) is 11.6 Å². The van der Waals surface area contributed by atoms with Crippen LogP contribution in [0.4, 0.5) is 4.39 Å². The fraction of sp³-hybridized carbons (Fsp3) is 0.650. The van der Waals surface area contributed by atoms with Crippen molar-refractivity contribution in [3.05, 3.63) is 34.1 Å². The Bertz CT molecular complexity index is 655. The molecule has 26 heavy (non-hydrogen) atoms. The van der Waals surface area contributed by atoms with E-state index in [0.717, 1.165) is 18.7 Å². The fourth-order valence-electron chi connectivity index (χ4n) is 3.82. The summed E-state index contributed by atoms with van der Waals surface area (Å²) in [5, 5.41) is 12.9. The van der Waals surface area contributed by atoms with Gasteiger partial charge < -0.3 is 10.4 Å². The highest BCUT2D eigenvalue weighted by Crippen LogP contribution is 2.33. The number of benzene rings is 1. The van der Waals surface area contributed by atoms with Crippen molar-refractivity contribution >= 4 is 17.5 Å². The summed E-state index contributed by atoms with van der Waals surface area (Å²) in [5.41, 5.74) is 1.23. The standard InChI is InChI=1S/C20H28ClFN2O2/c1-12(2)19(23-20(26)13-7-15(25)8-13)16-10-17(21)14(9-18(16)22)11-24-5-3-4-6-24/h9-10,12-13,15,19,25H,3-8,11H2,1-2H3,(H,23,26). The minimum absolute atomic E-state index is 0.0268. The number of halogens is 2. The molecule has 3 rings (SSSR count). The van der Waals surface area contributed by atoms with Gasteiger partial charge in [0.1, 0.15) is 5.82 Å². The molecule has 0 radical (unpaired) electrons. The summed E-state index contributed by atoms with van der Waals surface area (Å²) in [6.45, 7) is 6.61. The number of carbonyl (C=O) groups is 1. The van der Waals surface area contributed by atoms with Gasteiger partial charge >= 0.3 is 0 Å². The van der Waals surface area contributed by atoms with Crippen molar-refractivity contribution in [2.75, 3.05) is 13.1 Å². The molecule has 1 aromatic carbocycles. The van der Waals surface area contributed by atoms with Crippen molar-refractivity contribution in [2.45, 2.75) is 58.2 Å². The largest absolute Gasteiger partial charge is 0.393 e. The number of likely N-dealkylation sites (tertiary alicyclic amines) is 1. The lowest BCUT2D eigenvalue weighted by Crippen LogP contribution is -2.43. The van der Waals surface area contributed by atoms with Crippen LogP contribution in [0.15, 0.2) is 12.1 Å². The average Bonchev–Trinajstić information content (AvgIpc) is 3.05. The van der Waals surface area contributed by atoms with Gasteiger partial charge in [-0.1, -0.05) is 25.4 Å². The summed E-state index contributed by atoms with van der Waals surface area (Å²) in [5.74, 6) is -0.597. The lowest BCUT2D eigenvalue weighted by atomic mass is 9.81. The maximum Gasteiger partial charge on any atom is 0.223 e. The molecule has 1 saturated heterocycles. The zero-order valence-corrected chi connectivity index (χ0v) is 16.2. The number of hydrogen-bond donors (Lipinski definition) is 2. The second-order valence-electron chi connectivity index (χ2n) is 8.00. The zero-order valence-electron chi connectivity index (χ0n) is 15.5. The molecular weight excluding hydrogens is 355 g/mol. The summed E-state index contributed by atoms with van der Waals surface area (Å²) in [6, 6.07) is 2.76. The Balaban J connectivity index is 1.75. The van der Waals surface area contributed by atoms with Gasteiger partial charge in [-0.05, 0) is 62.4 Å². The minimum atomic E-state index is -0.432. The highest BCUT2D eigenvalue weighted by atomic mass is 35.5. The van der Waals surface area contributed by atoms with Gasteiger partial charge in [-0.3, -0.25) is 9.69 Å². The Kier molecular flexibility index (Phi) is 6.21. The number of aliphatic hydroxyl groups is 1. The molecule has 1 heterocycles. The SMILES string of the molecule is CC(C)C(NC(=O)C1CC(O)C1)c1cc(Cl)c(CN2CCCC2)cc1F. The molecule has 1 atom stereocenters. The van der Waals surface area contributed by atoms with Gasteiger partial charge in [0.05, 0.1) is 12.1 Å². The zero-order chi connectivity index (χ0) is 18.8. The van der Waals surface area contributed by atoms with Gasteiger partial charge in [0.25, 0.3) is 0 Å². The molecule has 0 aromatic heterocycles. The normalized spacial score (nSPS) is 24.5. The predicted octanol–water partition coefficient (Wildman–Crippen LogP) is 3.66. The topological polar surface area (TPSA) is 52.6 Å². The van der Waals surface area contributed by atoms with Crippen LogP contribution >= 0.6 is 11.6 Å². The number of carbonyl (C=O) groups excluding carboxylic acids is 1. The summed E-state index contributed by atoms with van der Waals surface area (Å²) in [4.78, 5) is 14.6. The van der Waals surface area contributed by atoms with Gasteiger partial charge in [-0.25, -0.2) is 4.39 Å². The first-order valence-corrected chi connectivity index (χ1v) is 9.91. The first-order valence-electron chi connectivity index (χ1n) is 9.53. The molecule has 2 aliphatic rings. The van der Waals surface area contributed by atoms with E-state index >= 15 is 0 Å². The van der Waals surface area contributed by atoms with E-state index in [2.05, 4.69) is 10.2 Å². The van der Waals surface area contributed by atoms with E-state index < -0.39 is 6.04 Å². The molecular formula is C20H28ClFN2O2. The quantitative estimate of drug-likeness (QED) is 0.789. The average molecular weight is 383 g/mol. The Labute approximate surface area is 159 Å². The van der Waals surface area contributed by atoms with Crippen molar-refractivity contribution in [3.63, 3.8) is 0 Å². The first kappa shape index (κ1) is 19.6. The monoisotopic (exact) mass is 382 g/mol. The molecule has 2 N–H and O–H groups in total. The van der Waals surface area contributed by atoms with Gasteiger partial charge in [-0.2, -0.15) is 0 Å². The van der Waals surface area contributed by atoms with E-state index in [1.165, 1.54) is 18.9 Å². The molecule has 1 aliphatic carbocycles. The van der Waals surface area contributed by atoms with Crippen LogP contribution < -0.4 is 5.32 Å². The first-order chi connectivity index (χ1) is 12.3. The van der Waals surface area contributed by atoms with Crippen LogP contribution in [0.3, 0.4) is 0 Å². The maximum atomic E-state index is 14.9. The molecule has 2 fully saturated rings. The van der Waals surface area contributed by atoms with E-state index in [0.29, 0.717) is 30.0 Å². The molecule has 0 bridgehead atoms. The molecule has 1 aromatic rings. The Morgan fingerprint density at radius 1 is 1.35 bits per heavy atom. The summed E-state index contributed by atoms with van der Waals surface area (Å²) < 4.78 is 14.9. The van der Waals surface area contributed by atoms with Gasteiger partial charge in [0.2, 0.25) is 5.91 Å². The van der Waals surface area contributed by atoms with Crippen molar-refractivity contribution in [1.29, 1.82) is 0 Å². The van der Waals surface area contributed by atoms with Crippen LogP contribution in [0.25, 0.3) is 0 Å². The summed E-state index contributed by atoms with van der Waals surface area (Å²) in [7, 11) is 0. The van der Waals surface area contributed by atoms with Crippen molar-refractivity contribution in [1.82, 2.24) is 10.2 Å². The van der Waals surface area contributed by atoms with Gasteiger partial charge in [0.15, 0.2) is 0 Å². The van der Waals surface area contributed by atoms with Crippen LogP contribution in [0.1, 0.15) is 56.7 Å². The molecule has 1 amide bonds. The number of nitrogens with zero attached hydrogens (tertiary/aromatic N) is 1. The molecule has 1 saturated carbocycles. The minimum Gasteiger partial charge on any atom is -0.393 e. The number of nitrogens with one attached hydrogen (secondary N) is 1. The van der Waals surface area contributed by atoms with E-state index in [9.17, 15) is 14.3 Å². The third-order valence-electron chi connectivity index (χ3n) is 5.54. The second kappa shape index (κ2) is 8.24. The lowest BCUT2D eigenvalue weighted by Gasteiger charge is -2.33. The molecule has 144 valence electrons. The summed E-state index contributed by atoms with van der Waals surface area (Å²) in [6.07, 6.45) is 2.92. The highest BCUT2D eigenvalue weighted by Gasteiger charge is 2.35. The number of amides is 1. The number of aliphatic hydroxyl groups excluding tert-OH is 1. The van der Waals surface area contributed by atoms with Crippen LogP contribution in [0, 0.1) is 17.7 Å². The van der Waals surface area contributed by atoms with E-state index in [-0.39, 0.29) is 29.7 Å². The smallest absolute Gasteiger partial charge is 0.223 e. The van der Waals surface area contributed by atoms with E-state index in [1.807, 2.05) is 13.8 Å². The molecule has 6 heteroatoms. The number of rotatable bonds is 6. The number of hydrogen-bond acceptors (Lipinski definition) is 3. The van der Waals surface area contributed by atoms with Crippen LogP contribution in [-0.2, 0) is 11.3 Å². The third kappa shape index (κ3) is 4.38. The molecule has 1 unspecified atom stereocenters. The Morgan fingerprint density at radius 3 is 2.58 bits per heavy atom. The van der Waals surface area contributed by atoms with Gasteiger partial charge in [0, 0.05) is 23.0 Å². The van der Waals surface area contributed by atoms with Gasteiger partial charge in [-0.15, -0.1) is 0 Å². The lowest BCUT2D eigenvalue weighted by molar-refractivity contribution is -0.132. The highest BCUT2D eigenvalue weighted by molar-refractivity contribution is 6.31. The Morgan fingerprint density at radius 2 is 2.00 bits per heavy atom. The van der Waals surface area contributed by atoms with Crippen molar-refractivity contribution in [2.24, 2.45) is 11.8 Å². The van der Waals surface area contributed by atoms with Crippen LogP contribution in [0.2, 0.25) is 5.02 Å². The van der Waals surface area contributed by atoms with Crippen molar-refractivity contribution < 1.29 is 14.3 Å². The Hall–Kier alpha value is -1.17. The van der Waals surface area contributed by atoms with E-state index in [1.54, 1.807) is 6.07 Å². The predicted molar refractivity (Wildman–Crippen MR) is 100 cm³/mol. The van der Waals surface area contributed by atoms with Crippen molar-refractivity contribution in [3.8, 4) is 0 Å². The second-order valence-corrected chi connectivity index (χ2v) is 8.41. The van der Waals surface area contributed by atoms with Crippen LogP contribution in [-0.4, -0.2) is 35.1 Å².